The summed E-state index contributed by atoms with van der Waals surface area (Å²) in [4.78, 5) is 0. The smallest absolute Gasteiger partial charge is 0.123 e. The fraction of sp³-hybridized carbons (Fsp3) is 0.619. The summed E-state index contributed by atoms with van der Waals surface area (Å²) >= 11 is 0. The predicted octanol–water partition coefficient (Wildman–Crippen LogP) is 5.04. The molecular formula is C21H28O2. The van der Waals surface area contributed by atoms with E-state index in [-0.39, 0.29) is 10.8 Å². The van der Waals surface area contributed by atoms with Crippen LogP contribution in [0.4, 0.5) is 0 Å². The molecule has 3 aliphatic rings. The third-order valence-corrected chi connectivity index (χ3v) is 7.25. The minimum absolute atomic E-state index is 0.165. The monoisotopic (exact) mass is 312 g/mol. The number of methoxy groups -OCH3 is 2. The molecule has 0 unspecified atom stereocenters. The minimum atomic E-state index is 0.165. The van der Waals surface area contributed by atoms with Gasteiger partial charge in [-0.25, -0.2) is 0 Å². The lowest BCUT2D eigenvalue weighted by molar-refractivity contribution is 0.0620. The average Bonchev–Trinajstić information content (AvgIpc) is 2.85. The van der Waals surface area contributed by atoms with Crippen LogP contribution in [-0.4, -0.2) is 14.2 Å². The number of fused-ring (bicyclic) bond motifs is 1. The van der Waals surface area contributed by atoms with Crippen LogP contribution in [0.5, 0.6) is 11.5 Å². The molecule has 0 amide bonds. The maximum absolute atomic E-state index is 5.85. The Morgan fingerprint density at radius 1 is 1.13 bits per heavy atom. The van der Waals surface area contributed by atoms with Gasteiger partial charge in [0, 0.05) is 16.5 Å². The molecule has 4 rings (SSSR count). The van der Waals surface area contributed by atoms with Gasteiger partial charge in [0.1, 0.15) is 11.5 Å². The Morgan fingerprint density at radius 3 is 2.61 bits per heavy atom. The van der Waals surface area contributed by atoms with Crippen molar-refractivity contribution in [2.75, 3.05) is 14.2 Å². The van der Waals surface area contributed by atoms with Gasteiger partial charge in [0.05, 0.1) is 14.2 Å². The quantitative estimate of drug-likeness (QED) is 0.712. The maximum atomic E-state index is 5.85. The van der Waals surface area contributed by atoms with E-state index >= 15 is 0 Å². The number of benzene rings is 1. The average molecular weight is 312 g/mol. The lowest BCUT2D eigenvalue weighted by Gasteiger charge is -2.55. The fourth-order valence-electron chi connectivity index (χ4n) is 5.93. The van der Waals surface area contributed by atoms with E-state index in [4.69, 9.17) is 9.47 Å². The first-order valence-corrected chi connectivity index (χ1v) is 9.02. The van der Waals surface area contributed by atoms with E-state index < -0.39 is 0 Å². The van der Waals surface area contributed by atoms with Crippen molar-refractivity contribution < 1.29 is 9.47 Å². The van der Waals surface area contributed by atoms with E-state index in [1.807, 2.05) is 7.11 Å². The van der Waals surface area contributed by atoms with Crippen molar-refractivity contribution in [3.05, 3.63) is 34.9 Å². The Bertz CT molecular complexity index is 675. The van der Waals surface area contributed by atoms with E-state index in [0.29, 0.717) is 0 Å². The van der Waals surface area contributed by atoms with Gasteiger partial charge in [-0.2, -0.15) is 0 Å². The van der Waals surface area contributed by atoms with Gasteiger partial charge >= 0.3 is 0 Å². The third-order valence-electron chi connectivity index (χ3n) is 7.25. The molecule has 0 bridgehead atoms. The predicted molar refractivity (Wildman–Crippen MR) is 93.4 cm³/mol. The van der Waals surface area contributed by atoms with Crippen molar-refractivity contribution >= 4 is 0 Å². The first-order valence-electron chi connectivity index (χ1n) is 9.02. The van der Waals surface area contributed by atoms with Crippen LogP contribution in [0.15, 0.2) is 23.8 Å². The molecule has 0 radical (unpaired) electrons. The van der Waals surface area contributed by atoms with E-state index in [0.717, 1.165) is 23.8 Å². The molecule has 1 spiro atoms. The second-order valence-electron chi connectivity index (χ2n) is 7.88. The molecule has 0 aliphatic heterocycles. The molecule has 0 saturated heterocycles. The summed E-state index contributed by atoms with van der Waals surface area (Å²) in [6, 6.07) is 4.20. The van der Waals surface area contributed by atoms with Gasteiger partial charge in [0.2, 0.25) is 0 Å². The van der Waals surface area contributed by atoms with Crippen molar-refractivity contribution in [3.63, 3.8) is 0 Å². The zero-order valence-corrected chi connectivity index (χ0v) is 14.9. The lowest BCUT2D eigenvalue weighted by atomic mass is 9.48. The highest BCUT2D eigenvalue weighted by atomic mass is 16.5. The van der Waals surface area contributed by atoms with Crippen LogP contribution in [0.3, 0.4) is 0 Å². The zero-order chi connectivity index (χ0) is 16.2. The van der Waals surface area contributed by atoms with E-state index in [9.17, 15) is 0 Å². The maximum Gasteiger partial charge on any atom is 0.123 e. The van der Waals surface area contributed by atoms with Gasteiger partial charge in [0.15, 0.2) is 0 Å². The number of rotatable bonds is 2. The summed E-state index contributed by atoms with van der Waals surface area (Å²) in [5.74, 6) is 2.83. The number of hydrogen-bond donors (Lipinski definition) is 0. The van der Waals surface area contributed by atoms with Crippen LogP contribution >= 0.6 is 0 Å². The minimum Gasteiger partial charge on any atom is -0.496 e. The molecule has 1 fully saturated rings. The van der Waals surface area contributed by atoms with Crippen LogP contribution in [0.2, 0.25) is 0 Å². The summed E-state index contributed by atoms with van der Waals surface area (Å²) in [6.07, 6.45) is 9.99. The van der Waals surface area contributed by atoms with Crippen molar-refractivity contribution in [3.8, 4) is 11.5 Å². The van der Waals surface area contributed by atoms with Gasteiger partial charge in [-0.15, -0.1) is 0 Å². The Kier molecular flexibility index (Phi) is 3.30. The Balaban J connectivity index is 2.05. The Morgan fingerprint density at radius 2 is 1.87 bits per heavy atom. The van der Waals surface area contributed by atoms with Crippen molar-refractivity contribution in [1.29, 1.82) is 0 Å². The van der Waals surface area contributed by atoms with E-state index in [2.05, 4.69) is 32.1 Å². The summed E-state index contributed by atoms with van der Waals surface area (Å²) in [5.41, 5.74) is 4.96. The van der Waals surface area contributed by atoms with Gasteiger partial charge in [-0.1, -0.05) is 25.5 Å². The topological polar surface area (TPSA) is 18.5 Å². The summed E-state index contributed by atoms with van der Waals surface area (Å²) in [6.45, 7) is 4.98. The second-order valence-corrected chi connectivity index (χ2v) is 7.88. The van der Waals surface area contributed by atoms with Crippen LogP contribution < -0.4 is 9.47 Å². The molecule has 124 valence electrons. The molecule has 3 atom stereocenters. The largest absolute Gasteiger partial charge is 0.496 e. The molecule has 0 heterocycles. The molecule has 2 heteroatoms. The Labute approximate surface area is 139 Å². The number of hydrogen-bond acceptors (Lipinski definition) is 2. The second kappa shape index (κ2) is 5.03. The van der Waals surface area contributed by atoms with Gasteiger partial charge in [-0.3, -0.25) is 0 Å². The molecule has 1 aromatic rings. The molecule has 2 nitrogen and oxygen atoms in total. The van der Waals surface area contributed by atoms with Crippen molar-refractivity contribution in [2.24, 2.45) is 11.3 Å². The molecule has 1 aromatic carbocycles. The Hall–Kier alpha value is -1.44. The standard InChI is InChI=1S/C21H28O2/c1-14-8-9-15-7-5-6-12-21(15)19-16(13-20(14,21)2)17(22-3)10-11-18(19)23-4/h7,10-11,14H,5-6,8-9,12-13H2,1-4H3/t14-,20+,21+/m1/s1. The van der Waals surface area contributed by atoms with Crippen molar-refractivity contribution in [1.82, 2.24) is 0 Å². The fourth-order valence-corrected chi connectivity index (χ4v) is 5.93. The van der Waals surface area contributed by atoms with Gasteiger partial charge in [-0.05, 0) is 62.0 Å². The van der Waals surface area contributed by atoms with Crippen LogP contribution in [0.25, 0.3) is 0 Å². The SMILES string of the molecule is COc1ccc(OC)c2c1C[C@@]1(C)[C@H](C)CCC3=CCCC[C@]321. The zero-order valence-electron chi connectivity index (χ0n) is 14.9. The first kappa shape index (κ1) is 15.1. The van der Waals surface area contributed by atoms with Gasteiger partial charge in [0.25, 0.3) is 0 Å². The summed E-state index contributed by atoms with van der Waals surface area (Å²) in [7, 11) is 3.61. The van der Waals surface area contributed by atoms with E-state index in [1.165, 1.54) is 43.2 Å². The summed E-state index contributed by atoms with van der Waals surface area (Å²) in [5, 5.41) is 0. The molecule has 23 heavy (non-hydrogen) atoms. The highest BCUT2D eigenvalue weighted by Gasteiger charge is 2.62. The lowest BCUT2D eigenvalue weighted by Crippen LogP contribution is -2.50. The summed E-state index contributed by atoms with van der Waals surface area (Å²) < 4.78 is 11.6. The molecule has 0 aromatic heterocycles. The van der Waals surface area contributed by atoms with Gasteiger partial charge < -0.3 is 9.47 Å². The van der Waals surface area contributed by atoms with E-state index in [1.54, 1.807) is 12.7 Å². The molecule has 3 aliphatic carbocycles. The van der Waals surface area contributed by atoms with Crippen LogP contribution in [0.1, 0.15) is 57.1 Å². The molecule has 0 N–H and O–H groups in total. The normalized spacial score (nSPS) is 35.0. The van der Waals surface area contributed by atoms with Crippen molar-refractivity contribution in [2.45, 2.75) is 57.8 Å². The molecular weight excluding hydrogens is 284 g/mol. The number of allylic oxidation sites excluding steroid dienone is 2. The highest BCUT2D eigenvalue weighted by molar-refractivity contribution is 5.62. The number of ether oxygens (including phenoxy) is 2. The van der Waals surface area contributed by atoms with Crippen LogP contribution in [0, 0.1) is 11.3 Å². The van der Waals surface area contributed by atoms with Crippen LogP contribution in [-0.2, 0) is 11.8 Å². The first-order chi connectivity index (χ1) is 11.1. The molecule has 1 saturated carbocycles. The third kappa shape index (κ3) is 1.70. The highest BCUT2D eigenvalue weighted by Crippen LogP contribution is 2.69.